The molecule has 4 heterocycles. The lowest BCUT2D eigenvalue weighted by Gasteiger charge is -2.21. The summed E-state index contributed by atoms with van der Waals surface area (Å²) < 4.78 is 12.3. The molecule has 0 amide bonds. The Morgan fingerprint density at radius 1 is 1.21 bits per heavy atom. The first-order chi connectivity index (χ1) is 14.3. The smallest absolute Gasteiger partial charge is 0.290 e. The molecule has 0 aliphatic carbocycles. The summed E-state index contributed by atoms with van der Waals surface area (Å²) in [6.45, 7) is 1.23. The molecule has 1 aliphatic heterocycles. The molecule has 7 nitrogen and oxygen atoms in total. The number of rotatable bonds is 4. The molecule has 1 aromatic carbocycles. The number of hydrogen-bond acceptors (Lipinski definition) is 6. The number of benzene rings is 1. The molecule has 8 heteroatoms. The second kappa shape index (κ2) is 8.93. The first kappa shape index (κ1) is 19.2. The third-order valence-electron chi connectivity index (χ3n) is 5.10. The Labute approximate surface area is 171 Å². The van der Waals surface area contributed by atoms with Gasteiger partial charge in [-0.05, 0) is 35.6 Å². The van der Waals surface area contributed by atoms with Crippen LogP contribution in [-0.2, 0) is 16.0 Å². The molecular weight excluding hydrogens is 388 g/mol. The predicted molar refractivity (Wildman–Crippen MR) is 111 cm³/mol. The monoisotopic (exact) mass is 408 g/mol. The van der Waals surface area contributed by atoms with Crippen LogP contribution in [0.25, 0.3) is 22.3 Å². The van der Waals surface area contributed by atoms with Crippen LogP contribution in [0, 0.1) is 5.92 Å². The van der Waals surface area contributed by atoms with Crippen molar-refractivity contribution in [3.8, 4) is 11.4 Å². The van der Waals surface area contributed by atoms with Gasteiger partial charge in [-0.15, -0.1) is 0 Å². The van der Waals surface area contributed by atoms with E-state index < -0.39 is 0 Å². The van der Waals surface area contributed by atoms with Gasteiger partial charge in [0.1, 0.15) is 5.82 Å². The summed E-state index contributed by atoms with van der Waals surface area (Å²) in [5.41, 5.74) is 3.45. The molecule has 0 radical (unpaired) electrons. The summed E-state index contributed by atoms with van der Waals surface area (Å²) in [4.78, 5) is 17.4. The third-order valence-corrected chi connectivity index (χ3v) is 5.69. The van der Waals surface area contributed by atoms with Crippen LogP contribution in [0.5, 0.6) is 0 Å². The molecule has 148 valence electrons. The first-order valence-electron chi connectivity index (χ1n) is 9.22. The maximum atomic E-state index is 8.36. The van der Waals surface area contributed by atoms with Crippen molar-refractivity contribution in [2.24, 2.45) is 5.92 Å². The number of carbonyl (C=O) groups is 1. The standard InChI is InChI=1S/C20H18N4OS.CH2O2/c1-2-4-18-17(3-1)14(5-6-21-18)9-15-11-25-12-19(15)24-8-7-22-20(24)16-10-23-26-13-16;2-1-3/h1-8,10,13,15,19H,9,11-12H2;1H,(H,2,3)/t15-,19+;/m0./s1. The van der Waals surface area contributed by atoms with Crippen LogP contribution in [0.15, 0.2) is 60.5 Å². The van der Waals surface area contributed by atoms with E-state index >= 15 is 0 Å². The fourth-order valence-electron chi connectivity index (χ4n) is 3.82. The van der Waals surface area contributed by atoms with Crippen LogP contribution >= 0.6 is 11.5 Å². The highest BCUT2D eigenvalue weighted by Gasteiger charge is 2.31. The quantitative estimate of drug-likeness (QED) is 0.518. The van der Waals surface area contributed by atoms with E-state index in [0.29, 0.717) is 12.5 Å². The molecule has 1 saturated heterocycles. The van der Waals surface area contributed by atoms with Gasteiger partial charge in [-0.1, -0.05) is 18.2 Å². The number of hydrogen-bond donors (Lipinski definition) is 1. The summed E-state index contributed by atoms with van der Waals surface area (Å²) in [5.74, 6) is 1.37. The van der Waals surface area contributed by atoms with E-state index in [9.17, 15) is 0 Å². The van der Waals surface area contributed by atoms with Crippen LogP contribution in [0.3, 0.4) is 0 Å². The summed E-state index contributed by atoms with van der Waals surface area (Å²) in [6, 6.07) is 10.7. The highest BCUT2D eigenvalue weighted by atomic mass is 32.1. The minimum Gasteiger partial charge on any atom is -0.483 e. The number of aromatic nitrogens is 4. The topological polar surface area (TPSA) is 90.1 Å². The average Bonchev–Trinajstić information content (AvgIpc) is 3.49. The van der Waals surface area contributed by atoms with Gasteiger partial charge in [0.05, 0.1) is 31.0 Å². The second-order valence-corrected chi connectivity index (χ2v) is 7.39. The molecule has 1 aliphatic rings. The van der Waals surface area contributed by atoms with Gasteiger partial charge in [-0.25, -0.2) is 9.36 Å². The van der Waals surface area contributed by atoms with E-state index in [1.807, 2.05) is 30.0 Å². The van der Waals surface area contributed by atoms with E-state index in [1.165, 1.54) is 22.5 Å². The molecule has 5 rings (SSSR count). The van der Waals surface area contributed by atoms with Gasteiger partial charge in [-0.2, -0.15) is 0 Å². The lowest BCUT2D eigenvalue weighted by molar-refractivity contribution is -0.122. The minimum absolute atomic E-state index is 0.250. The van der Waals surface area contributed by atoms with E-state index in [2.05, 4.69) is 49.4 Å². The lowest BCUT2D eigenvalue weighted by Crippen LogP contribution is -2.20. The molecular formula is C21H20N4O3S. The normalized spacial score (nSPS) is 18.3. The Morgan fingerprint density at radius 3 is 2.90 bits per heavy atom. The molecule has 0 saturated carbocycles. The summed E-state index contributed by atoms with van der Waals surface area (Å²) in [5, 5.41) is 10.2. The highest BCUT2D eigenvalue weighted by Crippen LogP contribution is 2.33. The Kier molecular flexibility index (Phi) is 5.92. The van der Waals surface area contributed by atoms with Gasteiger partial charge in [0.15, 0.2) is 0 Å². The van der Waals surface area contributed by atoms with Crippen molar-refractivity contribution in [3.05, 3.63) is 66.1 Å². The Balaban J connectivity index is 0.000000645. The van der Waals surface area contributed by atoms with Crippen LogP contribution in [-0.4, -0.2) is 43.7 Å². The van der Waals surface area contributed by atoms with E-state index in [4.69, 9.17) is 14.6 Å². The molecule has 1 fully saturated rings. The average molecular weight is 408 g/mol. The fraction of sp³-hybridized carbons (Fsp3) is 0.238. The molecule has 1 N–H and O–H groups in total. The highest BCUT2D eigenvalue weighted by molar-refractivity contribution is 7.03. The van der Waals surface area contributed by atoms with E-state index in [0.717, 1.165) is 29.9 Å². The van der Waals surface area contributed by atoms with Gasteiger partial charge < -0.3 is 14.4 Å². The maximum absolute atomic E-state index is 8.36. The molecule has 4 aromatic rings. The number of para-hydroxylation sites is 1. The van der Waals surface area contributed by atoms with Crippen LogP contribution in [0.1, 0.15) is 11.6 Å². The van der Waals surface area contributed by atoms with Crippen LogP contribution < -0.4 is 0 Å². The second-order valence-electron chi connectivity index (χ2n) is 6.73. The van der Waals surface area contributed by atoms with E-state index in [-0.39, 0.29) is 12.5 Å². The van der Waals surface area contributed by atoms with Crippen molar-refractivity contribution in [1.29, 1.82) is 0 Å². The summed E-state index contributed by atoms with van der Waals surface area (Å²) >= 11 is 1.45. The fourth-order valence-corrected chi connectivity index (χ4v) is 4.34. The summed E-state index contributed by atoms with van der Waals surface area (Å²) in [7, 11) is 0. The number of carboxylic acid groups (broad SMARTS) is 1. The van der Waals surface area contributed by atoms with Gasteiger partial charge in [0.2, 0.25) is 0 Å². The largest absolute Gasteiger partial charge is 0.483 e. The van der Waals surface area contributed by atoms with Gasteiger partial charge in [-0.3, -0.25) is 9.78 Å². The zero-order valence-electron chi connectivity index (χ0n) is 15.6. The maximum Gasteiger partial charge on any atom is 0.290 e. The van der Waals surface area contributed by atoms with E-state index in [1.54, 1.807) is 0 Å². The number of nitrogens with zero attached hydrogens (tertiary/aromatic N) is 4. The molecule has 2 atom stereocenters. The van der Waals surface area contributed by atoms with Gasteiger partial charge >= 0.3 is 0 Å². The van der Waals surface area contributed by atoms with Gasteiger partial charge in [0.25, 0.3) is 6.47 Å². The minimum atomic E-state index is -0.250. The number of pyridine rings is 1. The Hall–Kier alpha value is -3.10. The molecule has 3 aromatic heterocycles. The van der Waals surface area contributed by atoms with Crippen LogP contribution in [0.4, 0.5) is 0 Å². The number of ether oxygens (including phenoxy) is 1. The van der Waals surface area contributed by atoms with Gasteiger partial charge in [0, 0.05) is 40.8 Å². The zero-order valence-corrected chi connectivity index (χ0v) is 16.4. The van der Waals surface area contributed by atoms with Crippen molar-refractivity contribution >= 4 is 28.9 Å². The van der Waals surface area contributed by atoms with Crippen molar-refractivity contribution in [1.82, 2.24) is 18.9 Å². The molecule has 0 bridgehead atoms. The molecule has 0 spiro atoms. The first-order valence-corrected chi connectivity index (χ1v) is 10.1. The SMILES string of the molecule is O=CO.c1ccc2c(C[C@H]3COC[C@H]3n3ccnc3-c3cnsc3)ccnc2c1. The zero-order chi connectivity index (χ0) is 20.1. The Morgan fingerprint density at radius 2 is 2.07 bits per heavy atom. The summed E-state index contributed by atoms with van der Waals surface area (Å²) in [6.07, 6.45) is 8.67. The lowest BCUT2D eigenvalue weighted by atomic mass is 9.93. The Bertz CT molecular complexity index is 1080. The predicted octanol–water partition coefficient (Wildman–Crippen LogP) is 3.69. The number of imidazole rings is 1. The molecule has 0 unspecified atom stereocenters. The van der Waals surface area contributed by atoms with Crippen molar-refractivity contribution < 1.29 is 14.6 Å². The third kappa shape index (κ3) is 4.03. The van der Waals surface area contributed by atoms with Crippen molar-refractivity contribution in [2.45, 2.75) is 12.5 Å². The van der Waals surface area contributed by atoms with Crippen molar-refractivity contribution in [3.63, 3.8) is 0 Å². The van der Waals surface area contributed by atoms with Crippen molar-refractivity contribution in [2.75, 3.05) is 13.2 Å². The van der Waals surface area contributed by atoms with Crippen LogP contribution in [0.2, 0.25) is 0 Å². The molecule has 29 heavy (non-hydrogen) atoms. The number of fused-ring (bicyclic) bond motifs is 1.